The van der Waals surface area contributed by atoms with Crippen LogP contribution in [0.15, 0.2) is 82.3 Å². The first kappa shape index (κ1) is 18.6. The van der Waals surface area contributed by atoms with E-state index in [0.717, 1.165) is 16.9 Å². The van der Waals surface area contributed by atoms with Crippen molar-refractivity contribution in [1.29, 1.82) is 0 Å². The summed E-state index contributed by atoms with van der Waals surface area (Å²) in [6.07, 6.45) is 1.59. The first-order valence-electron chi connectivity index (χ1n) is 8.69. The Morgan fingerprint density at radius 2 is 1.64 bits per heavy atom. The Morgan fingerprint density at radius 1 is 0.893 bits per heavy atom. The van der Waals surface area contributed by atoms with Gasteiger partial charge in [0.2, 0.25) is 0 Å². The highest BCUT2D eigenvalue weighted by molar-refractivity contribution is 8.03. The van der Waals surface area contributed by atoms with Gasteiger partial charge < -0.3 is 4.42 Å². The lowest BCUT2D eigenvalue weighted by molar-refractivity contribution is -0.137. The number of nitrogens with zero attached hydrogens (tertiary/aromatic N) is 1. The minimum absolute atomic E-state index is 0.204. The predicted octanol–water partition coefficient (Wildman–Crippen LogP) is 5.15. The van der Waals surface area contributed by atoms with Crippen LogP contribution in [0.4, 0.5) is 0 Å². The molecule has 0 saturated carbocycles. The van der Waals surface area contributed by atoms with E-state index < -0.39 is 0 Å². The zero-order valence-corrected chi connectivity index (χ0v) is 16.4. The van der Waals surface area contributed by atoms with Crippen LogP contribution in [0.2, 0.25) is 5.02 Å². The van der Waals surface area contributed by atoms with Gasteiger partial charge in [-0.05, 0) is 35.4 Å². The van der Waals surface area contributed by atoms with Crippen molar-refractivity contribution in [3.63, 3.8) is 0 Å². The highest BCUT2D eigenvalue weighted by atomic mass is 35.5. The lowest BCUT2D eigenvalue weighted by Crippen LogP contribution is -2.30. The van der Waals surface area contributed by atoms with Crippen molar-refractivity contribution < 1.29 is 14.0 Å². The second-order valence-electron chi connectivity index (χ2n) is 6.26. The lowest BCUT2D eigenvalue weighted by atomic mass is 10.1. The van der Waals surface area contributed by atoms with Crippen LogP contribution < -0.4 is 0 Å². The summed E-state index contributed by atoms with van der Waals surface area (Å²) < 4.78 is 5.36. The summed E-state index contributed by atoms with van der Waals surface area (Å²) in [5.74, 6) is 0.664. The standard InChI is InChI=1S/C22H16ClNO3S/c23-17-10-8-15(9-11-17)13-24-21(25)19(16-5-2-1-3-6-16)20(22(24)26)28-14-18-7-4-12-27-18/h1-12H,13-14H2. The summed E-state index contributed by atoms with van der Waals surface area (Å²) in [5.41, 5.74) is 2.02. The predicted molar refractivity (Wildman–Crippen MR) is 110 cm³/mol. The van der Waals surface area contributed by atoms with Crippen LogP contribution in [0.1, 0.15) is 16.9 Å². The molecule has 3 aromatic rings. The number of furan rings is 1. The van der Waals surface area contributed by atoms with Gasteiger partial charge in [0.05, 0.1) is 29.0 Å². The minimum Gasteiger partial charge on any atom is -0.468 e. The van der Waals surface area contributed by atoms with Crippen molar-refractivity contribution in [2.45, 2.75) is 12.3 Å². The largest absolute Gasteiger partial charge is 0.468 e. The van der Waals surface area contributed by atoms with Crippen molar-refractivity contribution in [1.82, 2.24) is 4.90 Å². The van der Waals surface area contributed by atoms with E-state index in [0.29, 0.717) is 21.3 Å². The second-order valence-corrected chi connectivity index (χ2v) is 7.68. The summed E-state index contributed by atoms with van der Waals surface area (Å²) in [7, 11) is 0. The van der Waals surface area contributed by atoms with E-state index in [4.69, 9.17) is 16.0 Å². The van der Waals surface area contributed by atoms with E-state index in [1.807, 2.05) is 48.5 Å². The molecule has 0 unspecified atom stereocenters. The Kier molecular flexibility index (Phi) is 5.37. The van der Waals surface area contributed by atoms with Crippen LogP contribution in [0.25, 0.3) is 5.57 Å². The van der Waals surface area contributed by atoms with Crippen LogP contribution in [0.3, 0.4) is 0 Å². The van der Waals surface area contributed by atoms with E-state index >= 15 is 0 Å². The Bertz CT molecular complexity index is 1030. The molecule has 0 N–H and O–H groups in total. The third kappa shape index (κ3) is 3.77. The number of carbonyl (C=O) groups is 2. The summed E-state index contributed by atoms with van der Waals surface area (Å²) in [6.45, 7) is 0.204. The molecule has 0 spiro atoms. The van der Waals surface area contributed by atoms with Gasteiger partial charge in [0.1, 0.15) is 5.76 Å². The molecular weight excluding hydrogens is 394 g/mol. The molecular formula is C22H16ClNO3S. The van der Waals surface area contributed by atoms with Crippen LogP contribution in [0, 0.1) is 0 Å². The van der Waals surface area contributed by atoms with Crippen molar-refractivity contribution in [3.05, 3.63) is 99.8 Å². The molecule has 2 aromatic carbocycles. The van der Waals surface area contributed by atoms with Crippen molar-refractivity contribution in [2.24, 2.45) is 0 Å². The zero-order valence-electron chi connectivity index (χ0n) is 14.8. The van der Waals surface area contributed by atoms with E-state index in [9.17, 15) is 9.59 Å². The Hall–Kier alpha value is -2.76. The molecule has 0 aliphatic carbocycles. The molecule has 0 fully saturated rings. The van der Waals surface area contributed by atoms with Gasteiger partial charge in [-0.25, -0.2) is 0 Å². The molecule has 1 aliphatic heterocycles. The van der Waals surface area contributed by atoms with Gasteiger partial charge in [0.25, 0.3) is 11.8 Å². The number of amides is 2. The van der Waals surface area contributed by atoms with Gasteiger partial charge in [-0.3, -0.25) is 14.5 Å². The molecule has 4 rings (SSSR count). The van der Waals surface area contributed by atoms with Crippen LogP contribution in [-0.4, -0.2) is 16.7 Å². The molecule has 2 heterocycles. The molecule has 0 radical (unpaired) electrons. The summed E-state index contributed by atoms with van der Waals surface area (Å²) >= 11 is 7.26. The monoisotopic (exact) mass is 409 g/mol. The van der Waals surface area contributed by atoms with Gasteiger partial charge in [0.15, 0.2) is 0 Å². The fourth-order valence-electron chi connectivity index (χ4n) is 3.00. The number of carbonyl (C=O) groups excluding carboxylic acids is 2. The normalized spacial score (nSPS) is 14.2. The quantitative estimate of drug-likeness (QED) is 0.528. The number of thioether (sulfide) groups is 1. The van der Waals surface area contributed by atoms with Gasteiger partial charge in [-0.2, -0.15) is 0 Å². The third-order valence-electron chi connectivity index (χ3n) is 4.38. The number of rotatable bonds is 6. The first-order valence-corrected chi connectivity index (χ1v) is 10.1. The first-order chi connectivity index (χ1) is 13.6. The number of hydrogen-bond acceptors (Lipinski definition) is 4. The maximum atomic E-state index is 13.1. The molecule has 0 atom stereocenters. The molecule has 1 aromatic heterocycles. The fraction of sp³-hybridized carbons (Fsp3) is 0.0909. The Balaban J connectivity index is 1.65. The molecule has 140 valence electrons. The van der Waals surface area contributed by atoms with E-state index in [1.54, 1.807) is 24.5 Å². The van der Waals surface area contributed by atoms with Gasteiger partial charge in [-0.1, -0.05) is 54.1 Å². The summed E-state index contributed by atoms with van der Waals surface area (Å²) in [4.78, 5) is 28.0. The van der Waals surface area contributed by atoms with Crippen molar-refractivity contribution >= 4 is 40.8 Å². The molecule has 2 amide bonds. The van der Waals surface area contributed by atoms with Gasteiger partial charge in [-0.15, -0.1) is 11.8 Å². The summed E-state index contributed by atoms with van der Waals surface area (Å²) in [6, 6.07) is 20.1. The molecule has 1 aliphatic rings. The molecule has 0 bridgehead atoms. The molecule has 0 saturated heterocycles. The Morgan fingerprint density at radius 3 is 2.32 bits per heavy atom. The van der Waals surface area contributed by atoms with Gasteiger partial charge in [0, 0.05) is 5.02 Å². The van der Waals surface area contributed by atoms with Gasteiger partial charge >= 0.3 is 0 Å². The van der Waals surface area contributed by atoms with Crippen molar-refractivity contribution in [2.75, 3.05) is 0 Å². The second kappa shape index (κ2) is 8.09. The topological polar surface area (TPSA) is 50.5 Å². The average molecular weight is 410 g/mol. The molecule has 6 heteroatoms. The van der Waals surface area contributed by atoms with Crippen LogP contribution in [0.5, 0.6) is 0 Å². The Labute approximate surface area is 171 Å². The highest BCUT2D eigenvalue weighted by Gasteiger charge is 2.39. The average Bonchev–Trinajstić information content (AvgIpc) is 3.31. The van der Waals surface area contributed by atoms with Crippen molar-refractivity contribution in [3.8, 4) is 0 Å². The third-order valence-corrected chi connectivity index (χ3v) is 5.73. The number of hydrogen-bond donors (Lipinski definition) is 0. The summed E-state index contributed by atoms with van der Waals surface area (Å²) in [5, 5.41) is 0.612. The maximum Gasteiger partial charge on any atom is 0.268 e. The van der Waals surface area contributed by atoms with Crippen LogP contribution >= 0.6 is 23.4 Å². The smallest absolute Gasteiger partial charge is 0.268 e. The van der Waals surface area contributed by atoms with E-state index in [2.05, 4.69) is 0 Å². The number of halogens is 1. The fourth-order valence-corrected chi connectivity index (χ4v) is 4.16. The lowest BCUT2D eigenvalue weighted by Gasteiger charge is -2.15. The molecule has 28 heavy (non-hydrogen) atoms. The molecule has 4 nitrogen and oxygen atoms in total. The maximum absolute atomic E-state index is 13.1. The van der Waals surface area contributed by atoms with E-state index in [1.165, 1.54) is 16.7 Å². The SMILES string of the molecule is O=C1C(SCc2ccco2)=C(c2ccccc2)C(=O)N1Cc1ccc(Cl)cc1. The van der Waals surface area contributed by atoms with Crippen LogP contribution in [-0.2, 0) is 21.9 Å². The minimum atomic E-state index is -0.284. The number of imide groups is 1. The zero-order chi connectivity index (χ0) is 19.5. The highest BCUT2D eigenvalue weighted by Crippen LogP contribution is 2.38. The van der Waals surface area contributed by atoms with E-state index in [-0.39, 0.29) is 18.4 Å². The number of benzene rings is 2.